The van der Waals surface area contributed by atoms with E-state index in [2.05, 4.69) is 15.6 Å². The summed E-state index contributed by atoms with van der Waals surface area (Å²) in [6, 6.07) is 16.5. The number of hydrogen-bond acceptors (Lipinski definition) is 9. The molecule has 0 unspecified atom stereocenters. The summed E-state index contributed by atoms with van der Waals surface area (Å²) in [5.74, 6) is -7.88. The Labute approximate surface area is 433 Å². The van der Waals surface area contributed by atoms with Gasteiger partial charge in [-0.15, -0.1) is 0 Å². The van der Waals surface area contributed by atoms with E-state index in [4.69, 9.17) is 32.7 Å². The molecule has 6 rings (SSSR count). The molecule has 15 nitrogen and oxygen atoms in total. The highest BCUT2D eigenvalue weighted by Crippen LogP contribution is 2.33. The third kappa shape index (κ3) is 14.2. The number of nitrogens with one attached hydrogen (secondary N) is 2. The number of carbonyl (C=O) groups is 5. The maximum Gasteiger partial charge on any atom is 0.247 e. The second-order valence-electron chi connectivity index (χ2n) is 18.6. The van der Waals surface area contributed by atoms with E-state index in [9.17, 15) is 28.0 Å². The van der Waals surface area contributed by atoms with E-state index in [1.54, 1.807) is 67.7 Å². The van der Waals surface area contributed by atoms with Crippen molar-refractivity contribution in [1.29, 1.82) is 0 Å². The highest BCUT2D eigenvalue weighted by molar-refractivity contribution is 6.31. The molecular weight excluding hydrogens is 989 g/mol. The van der Waals surface area contributed by atoms with Crippen molar-refractivity contribution in [2.45, 2.75) is 76.8 Å². The maximum atomic E-state index is 15.4. The molecule has 0 saturated carbocycles. The lowest BCUT2D eigenvalue weighted by Crippen LogP contribution is -2.57. The Morgan fingerprint density at radius 1 is 0.795 bits per heavy atom. The zero-order valence-corrected chi connectivity index (χ0v) is 43.6. The van der Waals surface area contributed by atoms with Crippen LogP contribution in [-0.2, 0) is 61.7 Å². The first-order chi connectivity index (χ1) is 34.6. The predicted molar refractivity (Wildman–Crippen MR) is 271 cm³/mol. The van der Waals surface area contributed by atoms with Gasteiger partial charge in [-0.05, 0) is 107 Å². The molecule has 390 valence electrons. The van der Waals surface area contributed by atoms with Gasteiger partial charge >= 0.3 is 0 Å². The van der Waals surface area contributed by atoms with Gasteiger partial charge in [0.15, 0.2) is 17.5 Å². The van der Waals surface area contributed by atoms with Crippen molar-refractivity contribution in [3.05, 3.63) is 135 Å². The van der Waals surface area contributed by atoms with Crippen LogP contribution in [0.2, 0.25) is 10.0 Å². The van der Waals surface area contributed by atoms with E-state index < -0.39 is 89.9 Å². The molecule has 4 aromatic carbocycles. The Balaban J connectivity index is 1.39. The lowest BCUT2D eigenvalue weighted by Gasteiger charge is -2.35. The summed E-state index contributed by atoms with van der Waals surface area (Å²) in [5, 5.41) is 6.37. The predicted octanol–water partition coefficient (Wildman–Crippen LogP) is 7.20. The minimum Gasteiger partial charge on any atom is -0.457 e. The van der Waals surface area contributed by atoms with Crippen molar-refractivity contribution in [2.24, 2.45) is 13.0 Å². The highest BCUT2D eigenvalue weighted by Gasteiger charge is 2.37. The number of ether oxygens (including phenoxy) is 2. The minimum absolute atomic E-state index is 0.0682. The molecule has 1 aromatic heterocycles. The monoisotopic (exact) mass is 1050 g/mol. The Morgan fingerprint density at radius 3 is 2.14 bits per heavy atom. The lowest BCUT2D eigenvalue weighted by molar-refractivity contribution is -0.147. The van der Waals surface area contributed by atoms with Crippen LogP contribution < -0.4 is 15.4 Å². The van der Waals surface area contributed by atoms with Gasteiger partial charge in [-0.3, -0.25) is 24.0 Å². The van der Waals surface area contributed by atoms with E-state index >= 15 is 9.18 Å². The molecule has 1 aliphatic heterocycles. The van der Waals surface area contributed by atoms with Gasteiger partial charge in [0.05, 0.1) is 37.5 Å². The number of amides is 5. The fourth-order valence-electron chi connectivity index (χ4n) is 8.54. The van der Waals surface area contributed by atoms with Crippen LogP contribution in [0.15, 0.2) is 85.1 Å². The summed E-state index contributed by atoms with van der Waals surface area (Å²) in [5.41, 5.74) is 2.54. The summed E-state index contributed by atoms with van der Waals surface area (Å²) in [7, 11) is 10.2. The third-order valence-corrected chi connectivity index (χ3v) is 13.5. The van der Waals surface area contributed by atoms with Gasteiger partial charge in [0.2, 0.25) is 29.5 Å². The average molecular weight is 1050 g/mol. The molecule has 0 aliphatic carbocycles. The van der Waals surface area contributed by atoms with E-state index in [0.29, 0.717) is 27.9 Å². The van der Waals surface area contributed by atoms with Crippen LogP contribution in [0, 0.1) is 23.4 Å². The van der Waals surface area contributed by atoms with Crippen LogP contribution in [0.25, 0.3) is 11.3 Å². The number of rotatable bonds is 13. The summed E-state index contributed by atoms with van der Waals surface area (Å²) < 4.78 is 58.1. The van der Waals surface area contributed by atoms with Crippen molar-refractivity contribution in [3.63, 3.8) is 0 Å². The Hall–Kier alpha value is -6.47. The number of nitrogens with zero attached hydrogens (tertiary/aromatic N) is 6. The number of carbonyl (C=O) groups excluding carboxylic acids is 5. The highest BCUT2D eigenvalue weighted by atomic mass is 35.5. The molecule has 5 aromatic rings. The summed E-state index contributed by atoms with van der Waals surface area (Å²) in [6.07, 6.45) is 0.629. The van der Waals surface area contributed by atoms with E-state index in [0.717, 1.165) is 34.8 Å². The number of halogens is 5. The molecule has 0 radical (unpaired) electrons. The van der Waals surface area contributed by atoms with Crippen molar-refractivity contribution >= 4 is 52.7 Å². The fourth-order valence-corrected chi connectivity index (χ4v) is 8.83. The zero-order chi connectivity index (χ0) is 53.3. The van der Waals surface area contributed by atoms with Gasteiger partial charge in [0.1, 0.15) is 29.4 Å². The Morgan fingerprint density at radius 2 is 1.47 bits per heavy atom. The van der Waals surface area contributed by atoms with E-state index in [1.165, 1.54) is 42.8 Å². The molecule has 1 fully saturated rings. The quantitative estimate of drug-likeness (QED) is 0.116. The number of methoxy groups -OCH3 is 1. The van der Waals surface area contributed by atoms with Crippen molar-refractivity contribution in [2.75, 3.05) is 48.5 Å². The van der Waals surface area contributed by atoms with Gasteiger partial charge in [-0.25, -0.2) is 18.2 Å². The van der Waals surface area contributed by atoms with Crippen LogP contribution in [-0.4, -0.2) is 131 Å². The van der Waals surface area contributed by atoms with E-state index in [-0.39, 0.29) is 43.9 Å². The normalized spacial score (nSPS) is 20.0. The molecule has 1 saturated heterocycles. The van der Waals surface area contributed by atoms with E-state index in [1.807, 2.05) is 42.7 Å². The molecule has 5 amide bonds. The summed E-state index contributed by atoms with van der Waals surface area (Å²) >= 11 is 12.7. The van der Waals surface area contributed by atoms with Crippen LogP contribution in [0.5, 0.6) is 11.5 Å². The standard InChI is InChI=1S/C53H61Cl2F3N8O7/c1-31-26-60-47(67)25-40(21-33-9-15-38(54)16-10-33)64(6)53(71)43(30-72-8)61-51(69)32(2)66(48(68)23-37(52(70)63(31)5)22-35-14-20-42(56)50(58)49(35)57)28-36-11-17-39(55)24-45(36)73-41-18-12-34(13-19-41)44-27-59-46(65(44)7)29-62(3)4/h9-20,24,27,31-32,37,40,43H,21-23,25-26,28-30H2,1-8H3,(H,60,67)(H,61,69)/t31-,32-,37+,40-,43-/m0/s1. The SMILES string of the molecule is COC[C@@H]1NC(=O)[C@H](C)N(Cc2ccc(Cl)cc2Oc2ccc(-c3cnc(CN(C)C)n3C)cc2)C(=O)C[C@@H](Cc2ccc(F)c(F)c2F)C(=O)N(C)[C@@H](C)CNC(=O)C[C@H](Cc2ccc(Cl)cc2)N(C)C1=O. The average Bonchev–Trinajstić information content (AvgIpc) is 3.72. The van der Waals surface area contributed by atoms with Gasteiger partial charge in [0.25, 0.3) is 0 Å². The fraction of sp³-hybridized carbons (Fsp3) is 0.396. The molecule has 20 heteroatoms. The van der Waals surface area contributed by atoms with Crippen LogP contribution >= 0.6 is 23.2 Å². The Bertz CT molecular complexity index is 2780. The van der Waals surface area contributed by atoms with Gasteiger partial charge < -0.3 is 44.3 Å². The van der Waals surface area contributed by atoms with Gasteiger partial charge in [0, 0.05) is 80.9 Å². The maximum absolute atomic E-state index is 15.4. The smallest absolute Gasteiger partial charge is 0.247 e. The zero-order valence-electron chi connectivity index (χ0n) is 42.1. The largest absolute Gasteiger partial charge is 0.457 e. The minimum atomic E-state index is -1.75. The summed E-state index contributed by atoms with van der Waals surface area (Å²) in [4.78, 5) is 82.7. The van der Waals surface area contributed by atoms with Crippen LogP contribution in [0.4, 0.5) is 13.2 Å². The van der Waals surface area contributed by atoms with Crippen molar-refractivity contribution < 1.29 is 46.6 Å². The van der Waals surface area contributed by atoms with Crippen molar-refractivity contribution in [3.8, 4) is 22.8 Å². The molecule has 1 aliphatic rings. The third-order valence-electron chi connectivity index (χ3n) is 13.1. The number of likely N-dealkylation sites (N-methyl/N-ethyl adjacent to an activating group) is 2. The first-order valence-electron chi connectivity index (χ1n) is 23.6. The lowest BCUT2D eigenvalue weighted by atomic mass is 9.92. The van der Waals surface area contributed by atoms with Gasteiger partial charge in [-0.1, -0.05) is 47.5 Å². The van der Waals surface area contributed by atoms with Crippen molar-refractivity contribution in [1.82, 2.24) is 39.8 Å². The first kappa shape index (κ1) is 55.8. The molecule has 2 heterocycles. The topological polar surface area (TPSA) is 159 Å². The summed E-state index contributed by atoms with van der Waals surface area (Å²) in [6.45, 7) is 3.06. The molecule has 0 spiro atoms. The number of benzene rings is 4. The first-order valence-corrected chi connectivity index (χ1v) is 24.4. The van der Waals surface area contributed by atoms with Gasteiger partial charge in [-0.2, -0.15) is 0 Å². The molecule has 0 bridgehead atoms. The second-order valence-corrected chi connectivity index (χ2v) is 19.5. The number of hydrogen-bond donors (Lipinski definition) is 2. The molecule has 5 atom stereocenters. The molecular formula is C53H61Cl2F3N8O7. The number of imidazole rings is 1. The Kier molecular flexibility index (Phi) is 19.1. The molecule has 73 heavy (non-hydrogen) atoms. The second kappa shape index (κ2) is 25.0. The number of aromatic nitrogens is 2. The van der Waals surface area contributed by atoms with Crippen LogP contribution in [0.3, 0.4) is 0 Å². The molecule has 2 N–H and O–H groups in total. The van der Waals surface area contributed by atoms with Crippen LogP contribution in [0.1, 0.15) is 49.2 Å².